The number of nitro groups is 1. The number of halogens is 1. The molecule has 1 aromatic heterocycles. The molecule has 2 heterocycles. The molecule has 1 aromatic carbocycles. The third-order valence-electron chi connectivity index (χ3n) is 3.73. The molecule has 0 bridgehead atoms. The minimum atomic E-state index is -1.12. The van der Waals surface area contributed by atoms with Crippen LogP contribution in [0.3, 0.4) is 0 Å². The molecule has 0 unspecified atom stereocenters. The number of benzene rings is 1. The molecule has 1 aliphatic heterocycles. The molecule has 10 heteroatoms. The van der Waals surface area contributed by atoms with Crippen LogP contribution in [0.5, 0.6) is 0 Å². The van der Waals surface area contributed by atoms with Crippen LogP contribution >= 0.6 is 0 Å². The summed E-state index contributed by atoms with van der Waals surface area (Å²) in [7, 11) is 0. The van der Waals surface area contributed by atoms with Gasteiger partial charge in [0.25, 0.3) is 17.4 Å². The van der Waals surface area contributed by atoms with Crippen molar-refractivity contribution < 1.29 is 18.9 Å². The van der Waals surface area contributed by atoms with Crippen LogP contribution in [0, 0.1) is 22.9 Å². The lowest BCUT2D eigenvalue weighted by molar-refractivity contribution is -0.387. The fraction of sp³-hybridized carbons (Fsp3) is 0.0714. The summed E-state index contributed by atoms with van der Waals surface area (Å²) in [4.78, 5) is 45.5. The van der Waals surface area contributed by atoms with Gasteiger partial charge in [-0.25, -0.2) is 0 Å². The van der Waals surface area contributed by atoms with Crippen molar-refractivity contribution in [2.45, 2.75) is 6.92 Å². The molecule has 0 saturated heterocycles. The Kier molecular flexibility index (Phi) is 3.18. The highest BCUT2D eigenvalue weighted by atomic mass is 19.1. The zero-order valence-corrected chi connectivity index (χ0v) is 12.1. The van der Waals surface area contributed by atoms with Crippen molar-refractivity contribution in [1.82, 2.24) is 9.88 Å². The number of imide groups is 1. The third kappa shape index (κ3) is 1.96. The van der Waals surface area contributed by atoms with Gasteiger partial charge in [-0.3, -0.25) is 34.4 Å². The molecular weight excluding hydrogens is 323 g/mol. The molecule has 1 aliphatic rings. The molecule has 24 heavy (non-hydrogen) atoms. The van der Waals surface area contributed by atoms with Crippen molar-refractivity contribution in [3.8, 4) is 5.69 Å². The Morgan fingerprint density at radius 1 is 1.25 bits per heavy atom. The minimum Gasteiger partial charge on any atom is -0.384 e. The lowest BCUT2D eigenvalue weighted by Crippen LogP contribution is -2.25. The number of amides is 2. The number of anilines is 1. The van der Waals surface area contributed by atoms with Gasteiger partial charge < -0.3 is 5.73 Å². The minimum absolute atomic E-state index is 0.0597. The van der Waals surface area contributed by atoms with Crippen LogP contribution in [0.25, 0.3) is 5.69 Å². The van der Waals surface area contributed by atoms with E-state index in [1.54, 1.807) is 0 Å². The van der Waals surface area contributed by atoms with E-state index in [4.69, 9.17) is 5.73 Å². The largest absolute Gasteiger partial charge is 0.384 e. The number of hydrogen-bond donors (Lipinski definition) is 2. The Morgan fingerprint density at radius 3 is 2.54 bits per heavy atom. The number of nitrogen functional groups attached to an aromatic ring is 1. The van der Waals surface area contributed by atoms with Crippen molar-refractivity contribution in [2.75, 3.05) is 5.73 Å². The molecule has 3 rings (SSSR count). The molecule has 0 aliphatic carbocycles. The molecule has 0 spiro atoms. The van der Waals surface area contributed by atoms with Crippen molar-refractivity contribution in [2.24, 2.45) is 0 Å². The second kappa shape index (κ2) is 4.98. The normalized spacial score (nSPS) is 12.9. The molecule has 0 atom stereocenters. The zero-order chi connectivity index (χ0) is 17.8. The van der Waals surface area contributed by atoms with Gasteiger partial charge in [0.2, 0.25) is 5.82 Å². The lowest BCUT2D eigenvalue weighted by Gasteiger charge is -2.14. The van der Waals surface area contributed by atoms with E-state index in [0.717, 1.165) is 22.8 Å². The van der Waals surface area contributed by atoms with Gasteiger partial charge in [0.1, 0.15) is 5.82 Å². The summed E-state index contributed by atoms with van der Waals surface area (Å²) in [6.07, 6.45) is 0. The predicted octanol–water partition coefficient (Wildman–Crippen LogP) is 0.659. The van der Waals surface area contributed by atoms with Crippen LogP contribution in [0.2, 0.25) is 0 Å². The van der Waals surface area contributed by atoms with E-state index in [2.05, 4.69) is 0 Å². The van der Waals surface area contributed by atoms with Crippen molar-refractivity contribution in [3.63, 3.8) is 0 Å². The maximum Gasteiger partial charge on any atom is 0.305 e. The van der Waals surface area contributed by atoms with Crippen LogP contribution in [0.15, 0.2) is 23.0 Å². The van der Waals surface area contributed by atoms with E-state index in [1.165, 1.54) is 6.92 Å². The molecule has 0 saturated carbocycles. The molecule has 3 N–H and O–H groups in total. The number of aromatic nitrogens is 1. The Bertz CT molecular complexity index is 1010. The smallest absolute Gasteiger partial charge is 0.305 e. The number of pyridine rings is 1. The van der Waals surface area contributed by atoms with Crippen LogP contribution in [0.1, 0.15) is 26.3 Å². The number of nitrogens with zero attached hydrogens (tertiary/aromatic N) is 2. The summed E-state index contributed by atoms with van der Waals surface area (Å²) < 4.78 is 15.0. The van der Waals surface area contributed by atoms with Gasteiger partial charge in [0.05, 0.1) is 21.7 Å². The first-order valence-corrected chi connectivity index (χ1v) is 6.59. The Morgan fingerprint density at radius 2 is 1.92 bits per heavy atom. The highest BCUT2D eigenvalue weighted by molar-refractivity contribution is 6.23. The average Bonchev–Trinajstić information content (AvgIpc) is 2.77. The highest BCUT2D eigenvalue weighted by Crippen LogP contribution is 2.28. The number of carbonyl (C=O) groups is 2. The van der Waals surface area contributed by atoms with E-state index < -0.39 is 33.8 Å². The van der Waals surface area contributed by atoms with Crippen molar-refractivity contribution in [1.29, 1.82) is 0 Å². The summed E-state index contributed by atoms with van der Waals surface area (Å²) in [6, 6.07) is 2.95. The monoisotopic (exact) mass is 332 g/mol. The summed E-state index contributed by atoms with van der Waals surface area (Å²) in [5.74, 6) is -3.00. The van der Waals surface area contributed by atoms with Crippen LogP contribution < -0.4 is 16.6 Å². The maximum absolute atomic E-state index is 14.1. The lowest BCUT2D eigenvalue weighted by atomic mass is 10.1. The van der Waals surface area contributed by atoms with Gasteiger partial charge in [-0.1, -0.05) is 0 Å². The van der Waals surface area contributed by atoms with E-state index in [9.17, 15) is 28.9 Å². The molecular formula is C14H9FN4O5. The van der Waals surface area contributed by atoms with E-state index in [1.807, 2.05) is 5.32 Å². The second-order valence-corrected chi connectivity index (χ2v) is 5.08. The van der Waals surface area contributed by atoms with Gasteiger partial charge >= 0.3 is 5.69 Å². The summed E-state index contributed by atoms with van der Waals surface area (Å²) in [6.45, 7) is 1.24. The first-order chi connectivity index (χ1) is 11.2. The Balaban J connectivity index is 2.34. The van der Waals surface area contributed by atoms with E-state index >= 15 is 0 Å². The van der Waals surface area contributed by atoms with Gasteiger partial charge in [-0.05, 0) is 13.0 Å². The van der Waals surface area contributed by atoms with Crippen LogP contribution in [0.4, 0.5) is 15.9 Å². The Hall–Kier alpha value is -3.56. The molecule has 0 fully saturated rings. The molecule has 9 nitrogen and oxygen atoms in total. The number of nitrogens with one attached hydrogen (secondary N) is 1. The quantitative estimate of drug-likeness (QED) is 0.471. The average molecular weight is 332 g/mol. The number of nitrogens with two attached hydrogens (primary N) is 1. The van der Waals surface area contributed by atoms with Crippen molar-refractivity contribution in [3.05, 3.63) is 61.2 Å². The molecule has 2 aromatic rings. The summed E-state index contributed by atoms with van der Waals surface area (Å²) >= 11 is 0. The van der Waals surface area contributed by atoms with Gasteiger partial charge in [0, 0.05) is 17.7 Å². The SMILES string of the molecule is Cc1c(-n2c(N)c3c(cc2=O)C(=O)NC3=O)ccc([N+](=O)[O-])c1F. The summed E-state index contributed by atoms with van der Waals surface area (Å²) in [5.41, 5.74) is 3.69. The van der Waals surface area contributed by atoms with Crippen LogP contribution in [-0.2, 0) is 0 Å². The third-order valence-corrected chi connectivity index (χ3v) is 3.73. The number of rotatable bonds is 2. The van der Waals surface area contributed by atoms with Gasteiger partial charge in [-0.2, -0.15) is 4.39 Å². The van der Waals surface area contributed by atoms with Crippen LogP contribution in [-0.4, -0.2) is 21.3 Å². The van der Waals surface area contributed by atoms with Gasteiger partial charge in [-0.15, -0.1) is 0 Å². The molecule has 122 valence electrons. The van der Waals surface area contributed by atoms with Gasteiger partial charge in [0.15, 0.2) is 0 Å². The van der Waals surface area contributed by atoms with E-state index in [-0.39, 0.29) is 28.2 Å². The topological polar surface area (TPSA) is 137 Å². The molecule has 2 amide bonds. The van der Waals surface area contributed by atoms with Crippen molar-refractivity contribution >= 4 is 23.3 Å². The zero-order valence-electron chi connectivity index (χ0n) is 12.1. The number of carbonyl (C=O) groups excluding carboxylic acids is 2. The maximum atomic E-state index is 14.1. The highest BCUT2D eigenvalue weighted by Gasteiger charge is 2.32. The second-order valence-electron chi connectivity index (χ2n) is 5.08. The number of fused-ring (bicyclic) bond motifs is 1. The number of hydrogen-bond acceptors (Lipinski definition) is 6. The number of nitro benzene ring substituents is 1. The first-order valence-electron chi connectivity index (χ1n) is 6.59. The fourth-order valence-electron chi connectivity index (χ4n) is 2.57. The predicted molar refractivity (Wildman–Crippen MR) is 79.6 cm³/mol. The molecule has 0 radical (unpaired) electrons. The standard InChI is InChI=1S/C14H9FN4O5/c1-5-7(2-3-8(11(5)15)19(23)24)18-9(20)4-6-10(12(18)16)14(22)17-13(6)21/h2-4H,16H2,1H3,(H,17,21,22). The first kappa shape index (κ1) is 15.3. The fourth-order valence-corrected chi connectivity index (χ4v) is 2.57. The van der Waals surface area contributed by atoms with E-state index in [0.29, 0.717) is 0 Å². The Labute approximate surface area is 132 Å². The summed E-state index contributed by atoms with van der Waals surface area (Å²) in [5, 5.41) is 12.8.